The topological polar surface area (TPSA) is 129 Å². The van der Waals surface area contributed by atoms with Crippen LogP contribution >= 0.6 is 0 Å². The van der Waals surface area contributed by atoms with E-state index >= 15 is 0 Å². The number of nitrogens with zero attached hydrogens (tertiary/aromatic N) is 2. The number of aromatic nitrogens is 2. The number of aryl methyl sites for hydroxylation is 1. The molecule has 0 unspecified atom stereocenters. The lowest BCUT2D eigenvalue weighted by molar-refractivity contribution is -0.135. The molecule has 10 nitrogen and oxygen atoms in total. The molecule has 1 atom stereocenters. The van der Waals surface area contributed by atoms with E-state index in [-0.39, 0.29) is 12.3 Å². The highest BCUT2D eigenvalue weighted by Crippen LogP contribution is 2.30. The molecule has 2 N–H and O–H groups in total. The van der Waals surface area contributed by atoms with Crippen molar-refractivity contribution in [2.75, 3.05) is 13.2 Å². The van der Waals surface area contributed by atoms with Gasteiger partial charge in [0.05, 0.1) is 11.9 Å². The van der Waals surface area contributed by atoms with Gasteiger partial charge in [-0.05, 0) is 19.1 Å². The molecule has 1 aromatic heterocycles. The van der Waals surface area contributed by atoms with Gasteiger partial charge in [-0.1, -0.05) is 12.1 Å². The van der Waals surface area contributed by atoms with Crippen LogP contribution in [-0.2, 0) is 14.3 Å². The monoisotopic (exact) mass is 372 g/mol. The Labute approximate surface area is 153 Å². The zero-order valence-corrected chi connectivity index (χ0v) is 14.3. The van der Waals surface area contributed by atoms with Crippen molar-refractivity contribution in [3.63, 3.8) is 0 Å². The molecule has 0 saturated carbocycles. The molecule has 0 saturated heterocycles. The maximum Gasteiger partial charge on any atom is 0.359 e. The highest BCUT2D eigenvalue weighted by atomic mass is 16.6. The highest BCUT2D eigenvalue weighted by Gasteiger charge is 2.27. The Bertz CT molecular complexity index is 855. The Hall–Kier alpha value is -3.69. The number of esters is 1. The minimum Gasteiger partial charge on any atom is -0.485 e. The second-order valence-corrected chi connectivity index (χ2v) is 5.52. The molecular weight excluding hydrogens is 356 g/mol. The quantitative estimate of drug-likeness (QED) is 0.564. The minimum absolute atomic E-state index is 0.000202. The number of carbonyl (C=O) groups excluding carboxylic acids is 3. The van der Waals surface area contributed by atoms with Crippen LogP contribution in [0.5, 0.6) is 11.5 Å². The van der Waals surface area contributed by atoms with Crippen LogP contribution in [0.2, 0.25) is 0 Å². The first kappa shape index (κ1) is 18.1. The van der Waals surface area contributed by atoms with Crippen molar-refractivity contribution in [1.82, 2.24) is 20.8 Å². The van der Waals surface area contributed by atoms with Crippen LogP contribution < -0.4 is 20.3 Å². The van der Waals surface area contributed by atoms with Crippen LogP contribution in [0.4, 0.5) is 0 Å². The largest absolute Gasteiger partial charge is 0.485 e. The van der Waals surface area contributed by atoms with E-state index in [4.69, 9.17) is 14.2 Å². The zero-order valence-electron chi connectivity index (χ0n) is 14.3. The molecule has 3 rings (SSSR count). The molecule has 2 amide bonds. The highest BCUT2D eigenvalue weighted by molar-refractivity contribution is 5.90. The lowest BCUT2D eigenvalue weighted by Crippen LogP contribution is -2.51. The Morgan fingerprint density at radius 2 is 1.93 bits per heavy atom. The summed E-state index contributed by atoms with van der Waals surface area (Å²) in [4.78, 5) is 43.2. The number of carbonyl (C=O) groups is 3. The van der Waals surface area contributed by atoms with E-state index in [1.807, 2.05) is 0 Å². The summed E-state index contributed by atoms with van der Waals surface area (Å²) in [6, 6.07) is 6.92. The molecule has 0 fully saturated rings. The molecule has 1 aromatic carbocycles. The molecule has 2 aromatic rings. The summed E-state index contributed by atoms with van der Waals surface area (Å²) >= 11 is 0. The third kappa shape index (κ3) is 4.69. The SMILES string of the molecule is Cc1cnc(C(=O)OCC(=O)NNC(=O)[C@@H]2COc3ccccc3O2)cn1. The average molecular weight is 372 g/mol. The van der Waals surface area contributed by atoms with Gasteiger partial charge in [0.2, 0.25) is 6.10 Å². The molecule has 140 valence electrons. The number of amides is 2. The summed E-state index contributed by atoms with van der Waals surface area (Å²) in [5.74, 6) is -1.16. The number of hydrogen-bond acceptors (Lipinski definition) is 8. The summed E-state index contributed by atoms with van der Waals surface area (Å²) in [7, 11) is 0. The van der Waals surface area contributed by atoms with Gasteiger partial charge in [0.15, 0.2) is 23.8 Å². The van der Waals surface area contributed by atoms with Gasteiger partial charge in [0.25, 0.3) is 11.8 Å². The molecule has 2 heterocycles. The second-order valence-electron chi connectivity index (χ2n) is 5.52. The summed E-state index contributed by atoms with van der Waals surface area (Å²) < 4.78 is 15.7. The Kier molecular flexibility index (Phi) is 5.45. The first-order valence-corrected chi connectivity index (χ1v) is 7.96. The third-order valence-corrected chi connectivity index (χ3v) is 3.45. The lowest BCUT2D eigenvalue weighted by Gasteiger charge is -2.25. The molecule has 0 aliphatic carbocycles. The van der Waals surface area contributed by atoms with Crippen LogP contribution in [0.1, 0.15) is 16.2 Å². The molecule has 27 heavy (non-hydrogen) atoms. The van der Waals surface area contributed by atoms with Gasteiger partial charge in [0, 0.05) is 6.20 Å². The van der Waals surface area contributed by atoms with Crippen LogP contribution in [0.25, 0.3) is 0 Å². The van der Waals surface area contributed by atoms with Crippen molar-refractivity contribution in [1.29, 1.82) is 0 Å². The Morgan fingerprint density at radius 3 is 2.67 bits per heavy atom. The Morgan fingerprint density at radius 1 is 1.15 bits per heavy atom. The van der Waals surface area contributed by atoms with Gasteiger partial charge in [-0.3, -0.25) is 25.4 Å². The second kappa shape index (κ2) is 8.13. The predicted molar refractivity (Wildman–Crippen MR) is 89.7 cm³/mol. The molecule has 10 heteroatoms. The van der Waals surface area contributed by atoms with Crippen molar-refractivity contribution in [2.24, 2.45) is 0 Å². The number of rotatable bonds is 4. The van der Waals surface area contributed by atoms with Gasteiger partial charge in [-0.2, -0.15) is 0 Å². The van der Waals surface area contributed by atoms with Gasteiger partial charge in [-0.15, -0.1) is 0 Å². The van der Waals surface area contributed by atoms with Crippen LogP contribution in [0.15, 0.2) is 36.7 Å². The lowest BCUT2D eigenvalue weighted by atomic mass is 10.2. The van der Waals surface area contributed by atoms with Gasteiger partial charge in [0.1, 0.15) is 6.61 Å². The van der Waals surface area contributed by atoms with Crippen molar-refractivity contribution in [3.8, 4) is 11.5 Å². The summed E-state index contributed by atoms with van der Waals surface area (Å²) in [5, 5.41) is 0. The maximum atomic E-state index is 12.0. The summed E-state index contributed by atoms with van der Waals surface area (Å²) in [5.41, 5.74) is 4.94. The van der Waals surface area contributed by atoms with Crippen molar-refractivity contribution < 1.29 is 28.6 Å². The third-order valence-electron chi connectivity index (χ3n) is 3.45. The van der Waals surface area contributed by atoms with Crippen LogP contribution in [0, 0.1) is 6.92 Å². The fourth-order valence-electron chi connectivity index (χ4n) is 2.10. The molecule has 0 bridgehead atoms. The number of ether oxygens (including phenoxy) is 3. The zero-order chi connectivity index (χ0) is 19.2. The maximum absolute atomic E-state index is 12.0. The number of benzene rings is 1. The fraction of sp³-hybridized carbons (Fsp3) is 0.235. The number of fused-ring (bicyclic) bond motifs is 1. The number of hydrazine groups is 1. The Balaban J connectivity index is 1.42. The van der Waals surface area contributed by atoms with Crippen LogP contribution in [0.3, 0.4) is 0 Å². The average Bonchev–Trinajstić information content (AvgIpc) is 2.70. The predicted octanol–water partition coefficient (Wildman–Crippen LogP) is -0.0708. The van der Waals surface area contributed by atoms with E-state index in [2.05, 4.69) is 20.8 Å². The van der Waals surface area contributed by atoms with Gasteiger partial charge in [-0.25, -0.2) is 9.78 Å². The summed E-state index contributed by atoms with van der Waals surface area (Å²) in [6.45, 7) is 1.12. The van der Waals surface area contributed by atoms with E-state index < -0.39 is 30.5 Å². The first-order valence-electron chi connectivity index (χ1n) is 7.96. The van der Waals surface area contributed by atoms with Crippen molar-refractivity contribution >= 4 is 17.8 Å². The van der Waals surface area contributed by atoms with E-state index in [9.17, 15) is 14.4 Å². The van der Waals surface area contributed by atoms with E-state index in [0.717, 1.165) is 0 Å². The smallest absolute Gasteiger partial charge is 0.359 e. The normalized spacial score (nSPS) is 14.8. The number of nitrogens with one attached hydrogen (secondary N) is 2. The van der Waals surface area contributed by atoms with Crippen molar-refractivity contribution in [3.05, 3.63) is 48.0 Å². The number of hydrogen-bond donors (Lipinski definition) is 2. The van der Waals surface area contributed by atoms with Gasteiger partial charge >= 0.3 is 5.97 Å². The van der Waals surface area contributed by atoms with E-state index in [0.29, 0.717) is 17.2 Å². The fourth-order valence-corrected chi connectivity index (χ4v) is 2.10. The first-order chi connectivity index (χ1) is 13.0. The van der Waals surface area contributed by atoms with E-state index in [1.54, 1.807) is 31.2 Å². The molecule has 0 radical (unpaired) electrons. The number of para-hydroxylation sites is 2. The molecule has 0 spiro atoms. The van der Waals surface area contributed by atoms with Gasteiger partial charge < -0.3 is 14.2 Å². The standard InChI is InChI=1S/C17H16N4O6/c1-10-6-19-11(7-18-10)17(24)26-9-15(22)20-21-16(23)14-8-25-12-4-2-3-5-13(12)27-14/h2-7,14H,8-9H2,1H3,(H,20,22)(H,21,23)/t14-/m0/s1. The molecular formula is C17H16N4O6. The van der Waals surface area contributed by atoms with Crippen molar-refractivity contribution in [2.45, 2.75) is 13.0 Å². The van der Waals surface area contributed by atoms with Crippen LogP contribution in [-0.4, -0.2) is 47.1 Å². The molecule has 1 aliphatic heterocycles. The summed E-state index contributed by atoms with van der Waals surface area (Å²) in [6.07, 6.45) is 1.72. The minimum atomic E-state index is -0.925. The van der Waals surface area contributed by atoms with E-state index in [1.165, 1.54) is 12.4 Å². The molecule has 1 aliphatic rings.